The average molecular weight is 323 g/mol. The van der Waals surface area contributed by atoms with Crippen molar-refractivity contribution in [3.63, 3.8) is 0 Å². The third-order valence-electron chi connectivity index (χ3n) is 3.76. The molecule has 1 amide bonds. The molecule has 0 bridgehead atoms. The van der Waals surface area contributed by atoms with Crippen molar-refractivity contribution < 1.29 is 24.2 Å². The van der Waals surface area contributed by atoms with E-state index in [1.54, 1.807) is 18.2 Å². The number of hydrogen-bond donors (Lipinski definition) is 2. The molecule has 2 unspecified atom stereocenters. The lowest BCUT2D eigenvalue weighted by atomic mass is 10.00. The molecule has 0 spiro atoms. The summed E-state index contributed by atoms with van der Waals surface area (Å²) in [5.41, 5.74) is 0.619. The third kappa shape index (κ3) is 5.81. The fourth-order valence-electron chi connectivity index (χ4n) is 2.23. The van der Waals surface area contributed by atoms with Crippen molar-refractivity contribution in [3.05, 3.63) is 23.8 Å². The average Bonchev–Trinajstić information content (AvgIpc) is 2.52. The van der Waals surface area contributed by atoms with Gasteiger partial charge in [0, 0.05) is 18.1 Å². The minimum absolute atomic E-state index is 0.163. The first-order valence-corrected chi connectivity index (χ1v) is 7.64. The summed E-state index contributed by atoms with van der Waals surface area (Å²) in [4.78, 5) is 23.3. The van der Waals surface area contributed by atoms with Crippen molar-refractivity contribution in [1.29, 1.82) is 0 Å². The van der Waals surface area contributed by atoms with Crippen LogP contribution >= 0.6 is 0 Å². The Hall–Kier alpha value is -2.24. The van der Waals surface area contributed by atoms with Gasteiger partial charge in [0.15, 0.2) is 0 Å². The number of ether oxygens (including phenoxy) is 2. The summed E-state index contributed by atoms with van der Waals surface area (Å²) in [6.07, 6.45) is 1.04. The zero-order chi connectivity index (χ0) is 17.4. The first-order valence-electron chi connectivity index (χ1n) is 7.64. The molecule has 0 aliphatic heterocycles. The minimum Gasteiger partial charge on any atom is -0.497 e. The highest BCUT2D eigenvalue weighted by Gasteiger charge is 2.22. The Bertz CT molecular complexity index is 544. The molecule has 0 aliphatic rings. The standard InChI is InChI=1S/C17H25NO5/c1-5-11(2)8-16(19)18-14(10-17(20)21)13-7-6-12(22-3)9-15(13)23-4/h6-7,9,11,14H,5,8,10H2,1-4H3,(H,18,19)(H,20,21). The summed E-state index contributed by atoms with van der Waals surface area (Å²) in [6.45, 7) is 4.00. The van der Waals surface area contributed by atoms with Gasteiger partial charge in [-0.15, -0.1) is 0 Å². The van der Waals surface area contributed by atoms with E-state index < -0.39 is 12.0 Å². The van der Waals surface area contributed by atoms with E-state index in [0.29, 0.717) is 23.5 Å². The number of carboxylic acid groups (broad SMARTS) is 1. The normalized spacial score (nSPS) is 13.0. The molecule has 0 saturated heterocycles. The molecule has 23 heavy (non-hydrogen) atoms. The van der Waals surface area contributed by atoms with Gasteiger partial charge in [-0.1, -0.05) is 20.3 Å². The van der Waals surface area contributed by atoms with Gasteiger partial charge in [0.25, 0.3) is 0 Å². The number of benzene rings is 1. The molecular weight excluding hydrogens is 298 g/mol. The summed E-state index contributed by atoms with van der Waals surface area (Å²) in [5, 5.41) is 11.9. The molecule has 0 saturated carbocycles. The number of carbonyl (C=O) groups excluding carboxylic acids is 1. The Morgan fingerprint density at radius 2 is 1.91 bits per heavy atom. The first kappa shape index (κ1) is 18.8. The second kappa shape index (κ2) is 9.02. The van der Waals surface area contributed by atoms with Crippen LogP contribution in [-0.4, -0.2) is 31.2 Å². The molecule has 6 heteroatoms. The number of methoxy groups -OCH3 is 2. The maximum Gasteiger partial charge on any atom is 0.305 e. The van der Waals surface area contributed by atoms with E-state index in [-0.39, 0.29) is 18.2 Å². The van der Waals surface area contributed by atoms with E-state index in [9.17, 15) is 9.59 Å². The van der Waals surface area contributed by atoms with Gasteiger partial charge in [0.2, 0.25) is 5.91 Å². The second-order valence-corrected chi connectivity index (χ2v) is 5.54. The largest absolute Gasteiger partial charge is 0.497 e. The van der Waals surface area contributed by atoms with E-state index in [4.69, 9.17) is 14.6 Å². The lowest BCUT2D eigenvalue weighted by molar-refractivity contribution is -0.137. The highest BCUT2D eigenvalue weighted by atomic mass is 16.5. The number of carbonyl (C=O) groups is 2. The lowest BCUT2D eigenvalue weighted by Crippen LogP contribution is -2.31. The van der Waals surface area contributed by atoms with Gasteiger partial charge in [-0.25, -0.2) is 0 Å². The maximum atomic E-state index is 12.1. The zero-order valence-electron chi connectivity index (χ0n) is 14.1. The summed E-state index contributed by atoms with van der Waals surface area (Å²) in [5.74, 6) is 0.184. The van der Waals surface area contributed by atoms with Gasteiger partial charge in [-0.2, -0.15) is 0 Å². The van der Waals surface area contributed by atoms with Crippen molar-refractivity contribution in [1.82, 2.24) is 5.32 Å². The molecule has 6 nitrogen and oxygen atoms in total. The Kier molecular flexibility index (Phi) is 7.38. The predicted molar refractivity (Wildman–Crippen MR) is 86.8 cm³/mol. The molecular formula is C17H25NO5. The van der Waals surface area contributed by atoms with Gasteiger partial charge in [-0.05, 0) is 18.1 Å². The van der Waals surface area contributed by atoms with Crippen LogP contribution in [0.3, 0.4) is 0 Å². The summed E-state index contributed by atoms with van der Waals surface area (Å²) in [6, 6.07) is 4.46. The molecule has 0 radical (unpaired) electrons. The van der Waals surface area contributed by atoms with Gasteiger partial charge < -0.3 is 19.9 Å². The van der Waals surface area contributed by atoms with Crippen molar-refractivity contribution in [3.8, 4) is 11.5 Å². The molecule has 2 N–H and O–H groups in total. The zero-order valence-corrected chi connectivity index (χ0v) is 14.1. The minimum atomic E-state index is -0.989. The van der Waals surface area contributed by atoms with E-state index in [1.807, 2.05) is 13.8 Å². The van der Waals surface area contributed by atoms with Crippen LogP contribution in [-0.2, 0) is 9.59 Å². The Morgan fingerprint density at radius 3 is 2.43 bits per heavy atom. The monoisotopic (exact) mass is 323 g/mol. The van der Waals surface area contributed by atoms with Gasteiger partial charge in [0.1, 0.15) is 11.5 Å². The van der Waals surface area contributed by atoms with Gasteiger partial charge in [-0.3, -0.25) is 9.59 Å². The Balaban J connectivity index is 3.02. The van der Waals surface area contributed by atoms with Crippen molar-refractivity contribution in [2.45, 2.75) is 39.2 Å². The van der Waals surface area contributed by atoms with Crippen LogP contribution in [0.5, 0.6) is 11.5 Å². The van der Waals surface area contributed by atoms with Crippen molar-refractivity contribution >= 4 is 11.9 Å². The summed E-state index contributed by atoms with van der Waals surface area (Å²) >= 11 is 0. The molecule has 1 rings (SSSR count). The Morgan fingerprint density at radius 1 is 1.22 bits per heavy atom. The van der Waals surface area contributed by atoms with E-state index in [2.05, 4.69) is 5.32 Å². The molecule has 2 atom stereocenters. The third-order valence-corrected chi connectivity index (χ3v) is 3.76. The Labute approximate surface area is 136 Å². The molecule has 0 aliphatic carbocycles. The number of nitrogens with one attached hydrogen (secondary N) is 1. The van der Waals surface area contributed by atoms with Crippen LogP contribution in [0.1, 0.15) is 44.7 Å². The van der Waals surface area contributed by atoms with Crippen LogP contribution in [0, 0.1) is 5.92 Å². The first-order chi connectivity index (χ1) is 10.9. The molecule has 0 aromatic heterocycles. The van der Waals surface area contributed by atoms with Crippen LogP contribution in [0.15, 0.2) is 18.2 Å². The topological polar surface area (TPSA) is 84.9 Å². The SMILES string of the molecule is CCC(C)CC(=O)NC(CC(=O)O)c1ccc(OC)cc1OC. The quantitative estimate of drug-likeness (QED) is 0.730. The smallest absolute Gasteiger partial charge is 0.305 e. The van der Waals surface area contributed by atoms with Gasteiger partial charge in [0.05, 0.1) is 26.7 Å². The van der Waals surface area contributed by atoms with Crippen LogP contribution in [0.25, 0.3) is 0 Å². The summed E-state index contributed by atoms with van der Waals surface area (Å²) in [7, 11) is 3.04. The second-order valence-electron chi connectivity index (χ2n) is 5.54. The van der Waals surface area contributed by atoms with Crippen LogP contribution < -0.4 is 14.8 Å². The molecule has 0 heterocycles. The van der Waals surface area contributed by atoms with E-state index >= 15 is 0 Å². The van der Waals surface area contributed by atoms with Crippen LogP contribution in [0.4, 0.5) is 0 Å². The molecule has 1 aromatic rings. The highest BCUT2D eigenvalue weighted by Crippen LogP contribution is 2.31. The van der Waals surface area contributed by atoms with Crippen LogP contribution in [0.2, 0.25) is 0 Å². The fraction of sp³-hybridized carbons (Fsp3) is 0.529. The van der Waals surface area contributed by atoms with Crippen molar-refractivity contribution in [2.75, 3.05) is 14.2 Å². The number of hydrogen-bond acceptors (Lipinski definition) is 4. The fourth-order valence-corrected chi connectivity index (χ4v) is 2.23. The molecule has 1 aromatic carbocycles. The highest BCUT2D eigenvalue weighted by molar-refractivity contribution is 5.78. The lowest BCUT2D eigenvalue weighted by Gasteiger charge is -2.21. The van der Waals surface area contributed by atoms with Crippen molar-refractivity contribution in [2.24, 2.45) is 5.92 Å². The van der Waals surface area contributed by atoms with E-state index in [0.717, 1.165) is 6.42 Å². The predicted octanol–water partition coefficient (Wildman–Crippen LogP) is 2.77. The maximum absolute atomic E-state index is 12.1. The molecule has 0 fully saturated rings. The summed E-state index contributed by atoms with van der Waals surface area (Å²) < 4.78 is 10.4. The molecule has 128 valence electrons. The van der Waals surface area contributed by atoms with E-state index in [1.165, 1.54) is 14.2 Å². The number of amides is 1. The number of carboxylic acids is 1. The van der Waals surface area contributed by atoms with Gasteiger partial charge >= 0.3 is 5.97 Å². The number of aliphatic carboxylic acids is 1. The number of rotatable bonds is 9.